The fourth-order valence-corrected chi connectivity index (χ4v) is 2.70. The first-order chi connectivity index (χ1) is 6.86. The van der Waals surface area contributed by atoms with E-state index in [4.69, 9.17) is 4.74 Å². The molecule has 0 spiro atoms. The number of benzene rings is 1. The number of thiophene rings is 1. The van der Waals surface area contributed by atoms with Crippen LogP contribution in [-0.2, 0) is 6.42 Å². The lowest BCUT2D eigenvalue weighted by Crippen LogP contribution is -1.92. The van der Waals surface area contributed by atoms with E-state index in [0.717, 1.165) is 18.8 Å². The Morgan fingerprint density at radius 3 is 2.71 bits per heavy atom. The van der Waals surface area contributed by atoms with Crippen molar-refractivity contribution in [3.05, 3.63) is 29.1 Å². The maximum absolute atomic E-state index is 5.69. The van der Waals surface area contributed by atoms with Gasteiger partial charge < -0.3 is 4.74 Å². The number of hydrogen-bond acceptors (Lipinski definition) is 2. The van der Waals surface area contributed by atoms with Crippen LogP contribution in [0.5, 0.6) is 5.75 Å². The average molecular weight is 206 g/mol. The fourth-order valence-electron chi connectivity index (χ4n) is 1.61. The third kappa shape index (κ3) is 1.50. The van der Waals surface area contributed by atoms with Crippen LogP contribution in [0.15, 0.2) is 24.3 Å². The van der Waals surface area contributed by atoms with E-state index in [1.54, 1.807) is 0 Å². The van der Waals surface area contributed by atoms with Crippen molar-refractivity contribution in [3.8, 4) is 5.75 Å². The van der Waals surface area contributed by atoms with E-state index < -0.39 is 0 Å². The van der Waals surface area contributed by atoms with Crippen LogP contribution in [-0.4, -0.2) is 6.61 Å². The van der Waals surface area contributed by atoms with Crippen molar-refractivity contribution in [3.63, 3.8) is 0 Å². The molecule has 0 amide bonds. The van der Waals surface area contributed by atoms with Gasteiger partial charge >= 0.3 is 0 Å². The predicted octanol–water partition coefficient (Wildman–Crippen LogP) is 3.86. The first kappa shape index (κ1) is 9.53. The van der Waals surface area contributed by atoms with Crippen LogP contribution in [0, 0.1) is 0 Å². The Bertz CT molecular complexity index is 431. The first-order valence-electron chi connectivity index (χ1n) is 5.00. The highest BCUT2D eigenvalue weighted by molar-refractivity contribution is 7.19. The largest absolute Gasteiger partial charge is 0.492 e. The molecule has 1 aromatic carbocycles. The van der Waals surface area contributed by atoms with Gasteiger partial charge in [-0.25, -0.2) is 0 Å². The standard InChI is InChI=1S/C12H14OS/c1-3-10-12(13-4-2)9-7-5-6-8-11(9)14-10/h5-8H,3-4H2,1-2H3. The van der Waals surface area contributed by atoms with Crippen molar-refractivity contribution in [1.82, 2.24) is 0 Å². The van der Waals surface area contributed by atoms with Crippen LogP contribution >= 0.6 is 11.3 Å². The normalized spacial score (nSPS) is 10.7. The van der Waals surface area contributed by atoms with E-state index in [1.165, 1.54) is 15.0 Å². The second kappa shape index (κ2) is 4.01. The molecule has 0 saturated carbocycles. The Hall–Kier alpha value is -1.02. The summed E-state index contributed by atoms with van der Waals surface area (Å²) in [5, 5.41) is 1.26. The van der Waals surface area contributed by atoms with Crippen molar-refractivity contribution >= 4 is 21.4 Å². The van der Waals surface area contributed by atoms with Crippen molar-refractivity contribution in [1.29, 1.82) is 0 Å². The molecule has 0 aliphatic heterocycles. The zero-order valence-electron chi connectivity index (χ0n) is 8.54. The Morgan fingerprint density at radius 1 is 1.21 bits per heavy atom. The highest BCUT2D eigenvalue weighted by Gasteiger charge is 2.10. The molecule has 0 unspecified atom stereocenters. The lowest BCUT2D eigenvalue weighted by Gasteiger charge is -2.03. The number of aryl methyl sites for hydroxylation is 1. The number of hydrogen-bond donors (Lipinski definition) is 0. The molecule has 1 aromatic heterocycles. The zero-order valence-corrected chi connectivity index (χ0v) is 9.36. The highest BCUT2D eigenvalue weighted by Crippen LogP contribution is 2.37. The molecule has 0 aliphatic rings. The quantitative estimate of drug-likeness (QED) is 0.741. The molecule has 1 nitrogen and oxygen atoms in total. The van der Waals surface area contributed by atoms with E-state index >= 15 is 0 Å². The lowest BCUT2D eigenvalue weighted by atomic mass is 10.2. The first-order valence-corrected chi connectivity index (χ1v) is 5.81. The molecule has 14 heavy (non-hydrogen) atoms. The Balaban J connectivity index is 2.61. The zero-order chi connectivity index (χ0) is 9.97. The number of rotatable bonds is 3. The van der Waals surface area contributed by atoms with Gasteiger partial charge in [0.15, 0.2) is 0 Å². The highest BCUT2D eigenvalue weighted by atomic mass is 32.1. The molecule has 0 radical (unpaired) electrons. The molecular formula is C12H14OS. The van der Waals surface area contributed by atoms with E-state index in [-0.39, 0.29) is 0 Å². The van der Waals surface area contributed by atoms with Gasteiger partial charge in [-0.2, -0.15) is 0 Å². The van der Waals surface area contributed by atoms with Crippen molar-refractivity contribution in [2.75, 3.05) is 6.61 Å². The maximum Gasteiger partial charge on any atom is 0.140 e. The molecule has 74 valence electrons. The summed E-state index contributed by atoms with van der Waals surface area (Å²) in [5.74, 6) is 1.09. The van der Waals surface area contributed by atoms with Gasteiger partial charge in [-0.3, -0.25) is 0 Å². The molecule has 0 bridgehead atoms. The third-order valence-electron chi connectivity index (χ3n) is 2.23. The van der Waals surface area contributed by atoms with Gasteiger partial charge in [0.2, 0.25) is 0 Å². The van der Waals surface area contributed by atoms with Crippen LogP contribution in [0.2, 0.25) is 0 Å². The van der Waals surface area contributed by atoms with Crippen molar-refractivity contribution in [2.45, 2.75) is 20.3 Å². The van der Waals surface area contributed by atoms with E-state index in [2.05, 4.69) is 31.2 Å². The Labute approximate surface area is 88.3 Å². The molecule has 0 N–H and O–H groups in total. The summed E-state index contributed by atoms with van der Waals surface area (Å²) < 4.78 is 7.02. The van der Waals surface area contributed by atoms with Crippen molar-refractivity contribution < 1.29 is 4.74 Å². The SMILES string of the molecule is CCOc1c(CC)sc2ccccc12. The van der Waals surface area contributed by atoms with Gasteiger partial charge in [-0.15, -0.1) is 11.3 Å². The Morgan fingerprint density at radius 2 is 2.00 bits per heavy atom. The summed E-state index contributed by atoms with van der Waals surface area (Å²) in [7, 11) is 0. The minimum absolute atomic E-state index is 0.744. The van der Waals surface area contributed by atoms with E-state index in [1.807, 2.05) is 18.3 Å². The van der Waals surface area contributed by atoms with Gasteiger partial charge in [0, 0.05) is 15.0 Å². The lowest BCUT2D eigenvalue weighted by molar-refractivity contribution is 0.342. The Kier molecular flexibility index (Phi) is 2.73. The molecule has 0 saturated heterocycles. The molecule has 2 heteroatoms. The van der Waals surface area contributed by atoms with E-state index in [9.17, 15) is 0 Å². The summed E-state index contributed by atoms with van der Waals surface area (Å²) in [5.41, 5.74) is 0. The topological polar surface area (TPSA) is 9.23 Å². The van der Waals surface area contributed by atoms with Crippen LogP contribution in [0.4, 0.5) is 0 Å². The van der Waals surface area contributed by atoms with Crippen LogP contribution < -0.4 is 4.74 Å². The number of ether oxygens (including phenoxy) is 1. The van der Waals surface area contributed by atoms with Crippen LogP contribution in [0.25, 0.3) is 10.1 Å². The second-order valence-corrected chi connectivity index (χ2v) is 4.27. The summed E-state index contributed by atoms with van der Waals surface area (Å²) in [6.45, 7) is 4.95. The second-order valence-electron chi connectivity index (χ2n) is 3.14. The molecule has 1 heterocycles. The molecule has 0 fully saturated rings. The summed E-state index contributed by atoms with van der Waals surface area (Å²) in [6, 6.07) is 8.43. The minimum atomic E-state index is 0.744. The van der Waals surface area contributed by atoms with Gasteiger partial charge in [0.1, 0.15) is 5.75 Å². The summed E-state index contributed by atoms with van der Waals surface area (Å²) >= 11 is 1.84. The minimum Gasteiger partial charge on any atom is -0.492 e. The van der Waals surface area contributed by atoms with E-state index in [0.29, 0.717) is 0 Å². The number of fused-ring (bicyclic) bond motifs is 1. The molecule has 0 aliphatic carbocycles. The monoisotopic (exact) mass is 206 g/mol. The summed E-state index contributed by atoms with van der Waals surface area (Å²) in [4.78, 5) is 1.35. The molecule has 0 atom stereocenters. The van der Waals surface area contributed by atoms with Crippen LogP contribution in [0.1, 0.15) is 18.7 Å². The van der Waals surface area contributed by atoms with Crippen molar-refractivity contribution in [2.24, 2.45) is 0 Å². The molecule has 2 aromatic rings. The average Bonchev–Trinajstić information content (AvgIpc) is 2.58. The van der Waals surface area contributed by atoms with Gasteiger partial charge in [-0.1, -0.05) is 19.1 Å². The predicted molar refractivity (Wildman–Crippen MR) is 62.4 cm³/mol. The molecular weight excluding hydrogens is 192 g/mol. The van der Waals surface area contributed by atoms with Gasteiger partial charge in [0.25, 0.3) is 0 Å². The van der Waals surface area contributed by atoms with Crippen LogP contribution in [0.3, 0.4) is 0 Å². The molecule has 2 rings (SSSR count). The van der Waals surface area contributed by atoms with Gasteiger partial charge in [0.05, 0.1) is 6.61 Å². The fraction of sp³-hybridized carbons (Fsp3) is 0.333. The third-order valence-corrected chi connectivity index (χ3v) is 3.52. The smallest absolute Gasteiger partial charge is 0.140 e. The van der Waals surface area contributed by atoms with Gasteiger partial charge in [-0.05, 0) is 25.5 Å². The summed E-state index contributed by atoms with van der Waals surface area (Å²) in [6.07, 6.45) is 1.05. The maximum atomic E-state index is 5.69.